The van der Waals surface area contributed by atoms with Gasteiger partial charge in [-0.1, -0.05) is 49.4 Å². The minimum Gasteiger partial charge on any atom is -0.450 e. The lowest BCUT2D eigenvalue weighted by atomic mass is 9.97. The predicted octanol–water partition coefficient (Wildman–Crippen LogP) is 4.50. The summed E-state index contributed by atoms with van der Waals surface area (Å²) in [5.74, 6) is 0.215. The van der Waals surface area contributed by atoms with Crippen LogP contribution in [-0.4, -0.2) is 10.9 Å². The van der Waals surface area contributed by atoms with Gasteiger partial charge in [-0.15, -0.1) is 0 Å². The van der Waals surface area contributed by atoms with Gasteiger partial charge in [-0.05, 0) is 41.8 Å². The number of aromatic nitrogens is 1. The van der Waals surface area contributed by atoms with Crippen LogP contribution in [0.25, 0.3) is 11.0 Å². The Balaban J connectivity index is 1.80. The molecule has 0 aliphatic carbocycles. The lowest BCUT2D eigenvalue weighted by Crippen LogP contribution is -2.30. The third-order valence-electron chi connectivity index (χ3n) is 5.38. The summed E-state index contributed by atoms with van der Waals surface area (Å²) in [6.07, 6.45) is 2.55. The second kappa shape index (κ2) is 6.71. The number of hydrogen-bond acceptors (Lipinski definition) is 4. The fourth-order valence-electron chi connectivity index (χ4n) is 3.90. The van der Waals surface area contributed by atoms with Crippen LogP contribution in [0.5, 0.6) is 0 Å². The summed E-state index contributed by atoms with van der Waals surface area (Å²) in [7, 11) is 0. The molecule has 0 radical (unpaired) electrons. The van der Waals surface area contributed by atoms with Crippen LogP contribution in [0.15, 0.2) is 82.1 Å². The van der Waals surface area contributed by atoms with Crippen molar-refractivity contribution in [2.45, 2.75) is 19.4 Å². The Morgan fingerprint density at radius 2 is 1.72 bits per heavy atom. The molecule has 2 aromatic heterocycles. The Kier molecular flexibility index (Phi) is 4.02. The Bertz CT molecular complexity index is 1280. The Morgan fingerprint density at radius 1 is 0.966 bits per heavy atom. The summed E-state index contributed by atoms with van der Waals surface area (Å²) in [5.41, 5.74) is 2.63. The number of anilines is 1. The molecule has 5 rings (SSSR count). The molecule has 1 amide bonds. The first kappa shape index (κ1) is 17.4. The highest BCUT2D eigenvalue weighted by Gasteiger charge is 2.44. The van der Waals surface area contributed by atoms with Crippen LogP contribution in [0.4, 0.5) is 5.82 Å². The molecule has 0 fully saturated rings. The van der Waals surface area contributed by atoms with Gasteiger partial charge in [0.25, 0.3) is 5.91 Å². The Hall–Kier alpha value is -3.73. The summed E-state index contributed by atoms with van der Waals surface area (Å²) in [6.45, 7) is 2.09. The van der Waals surface area contributed by atoms with Gasteiger partial charge >= 0.3 is 0 Å². The van der Waals surface area contributed by atoms with Crippen LogP contribution < -0.4 is 10.3 Å². The number of para-hydroxylation sites is 1. The molecule has 29 heavy (non-hydrogen) atoms. The van der Waals surface area contributed by atoms with Gasteiger partial charge in [0, 0.05) is 6.20 Å². The van der Waals surface area contributed by atoms with Crippen LogP contribution in [0.1, 0.15) is 40.2 Å². The van der Waals surface area contributed by atoms with E-state index in [0.717, 1.165) is 12.0 Å². The monoisotopic (exact) mass is 382 g/mol. The zero-order chi connectivity index (χ0) is 20.0. The smallest absolute Gasteiger partial charge is 0.296 e. The molecule has 5 heteroatoms. The average Bonchev–Trinajstić information content (AvgIpc) is 3.07. The molecule has 0 unspecified atom stereocenters. The topological polar surface area (TPSA) is 63.4 Å². The second-order valence-corrected chi connectivity index (χ2v) is 7.03. The van der Waals surface area contributed by atoms with E-state index in [1.807, 2.05) is 30.3 Å². The van der Waals surface area contributed by atoms with Gasteiger partial charge in [0.05, 0.1) is 17.0 Å². The number of aryl methyl sites for hydroxylation is 1. The molecule has 1 atom stereocenters. The maximum absolute atomic E-state index is 13.4. The third kappa shape index (κ3) is 2.66. The lowest BCUT2D eigenvalue weighted by Gasteiger charge is -2.24. The van der Waals surface area contributed by atoms with E-state index in [1.165, 1.54) is 5.56 Å². The molecule has 5 nitrogen and oxygen atoms in total. The first-order valence-corrected chi connectivity index (χ1v) is 9.58. The quantitative estimate of drug-likeness (QED) is 0.523. The van der Waals surface area contributed by atoms with Crippen molar-refractivity contribution in [1.29, 1.82) is 0 Å². The van der Waals surface area contributed by atoms with E-state index in [4.69, 9.17) is 4.42 Å². The molecule has 0 N–H and O–H groups in total. The lowest BCUT2D eigenvalue weighted by molar-refractivity contribution is 0.0970. The van der Waals surface area contributed by atoms with Crippen LogP contribution in [-0.2, 0) is 6.42 Å². The first-order chi connectivity index (χ1) is 14.2. The van der Waals surface area contributed by atoms with Crippen molar-refractivity contribution in [2.24, 2.45) is 0 Å². The molecule has 1 aliphatic rings. The van der Waals surface area contributed by atoms with Gasteiger partial charge in [-0.25, -0.2) is 4.98 Å². The average molecular weight is 382 g/mol. The summed E-state index contributed by atoms with van der Waals surface area (Å²) in [5, 5.41) is 0.470. The van der Waals surface area contributed by atoms with E-state index in [9.17, 15) is 9.59 Å². The van der Waals surface area contributed by atoms with Crippen LogP contribution in [0, 0.1) is 0 Å². The summed E-state index contributed by atoms with van der Waals surface area (Å²) < 4.78 is 5.93. The van der Waals surface area contributed by atoms with Gasteiger partial charge in [-0.2, -0.15) is 0 Å². The number of fused-ring (bicyclic) bond motifs is 2. The second-order valence-electron chi connectivity index (χ2n) is 7.03. The molecule has 4 aromatic rings. The van der Waals surface area contributed by atoms with Gasteiger partial charge < -0.3 is 4.42 Å². The van der Waals surface area contributed by atoms with E-state index < -0.39 is 6.04 Å². The SMILES string of the molecule is CCc1ccc([C@H]2c3c(oc4ccccc4c3=O)C(=O)N2c2ccccn2)cc1. The number of pyridine rings is 1. The highest BCUT2D eigenvalue weighted by molar-refractivity contribution is 6.10. The maximum Gasteiger partial charge on any atom is 0.296 e. The molecule has 0 spiro atoms. The largest absolute Gasteiger partial charge is 0.450 e. The van der Waals surface area contributed by atoms with Crippen molar-refractivity contribution in [2.75, 3.05) is 4.90 Å². The standard InChI is InChI=1S/C24H18N2O3/c1-2-15-10-12-16(13-11-15)21-20-22(27)17-7-3-4-8-18(17)29-23(20)24(28)26(21)19-9-5-6-14-25-19/h3-14,21H,2H2,1H3/t21-/m0/s1. The van der Waals surface area contributed by atoms with Gasteiger partial charge in [-0.3, -0.25) is 14.5 Å². The molecule has 2 aromatic carbocycles. The minimum absolute atomic E-state index is 0.0870. The van der Waals surface area contributed by atoms with E-state index in [2.05, 4.69) is 11.9 Å². The fourth-order valence-corrected chi connectivity index (χ4v) is 3.90. The maximum atomic E-state index is 13.4. The zero-order valence-electron chi connectivity index (χ0n) is 15.8. The summed E-state index contributed by atoms with van der Waals surface area (Å²) in [6, 6.07) is 19.8. The number of hydrogen-bond donors (Lipinski definition) is 0. The number of rotatable bonds is 3. The normalized spacial score (nSPS) is 15.7. The van der Waals surface area contributed by atoms with Crippen LogP contribution in [0.3, 0.4) is 0 Å². The van der Waals surface area contributed by atoms with Crippen molar-refractivity contribution in [3.63, 3.8) is 0 Å². The molecular weight excluding hydrogens is 364 g/mol. The van der Waals surface area contributed by atoms with Crippen molar-refractivity contribution in [3.05, 3.63) is 106 Å². The molecule has 1 aliphatic heterocycles. The number of benzene rings is 2. The summed E-state index contributed by atoms with van der Waals surface area (Å²) >= 11 is 0. The predicted molar refractivity (Wildman–Crippen MR) is 111 cm³/mol. The number of amides is 1. The number of carbonyl (C=O) groups is 1. The molecule has 0 bridgehead atoms. The zero-order valence-corrected chi connectivity index (χ0v) is 15.8. The van der Waals surface area contributed by atoms with Crippen LogP contribution in [0.2, 0.25) is 0 Å². The Morgan fingerprint density at radius 3 is 2.45 bits per heavy atom. The van der Waals surface area contributed by atoms with Crippen LogP contribution >= 0.6 is 0 Å². The van der Waals surface area contributed by atoms with Crippen molar-refractivity contribution in [3.8, 4) is 0 Å². The fraction of sp³-hybridized carbons (Fsp3) is 0.125. The van der Waals surface area contributed by atoms with E-state index >= 15 is 0 Å². The molecule has 0 saturated carbocycles. The van der Waals surface area contributed by atoms with E-state index in [0.29, 0.717) is 22.4 Å². The molecular formula is C24H18N2O3. The molecule has 3 heterocycles. The van der Waals surface area contributed by atoms with Crippen molar-refractivity contribution in [1.82, 2.24) is 4.98 Å². The van der Waals surface area contributed by atoms with Crippen molar-refractivity contribution >= 4 is 22.7 Å². The highest BCUT2D eigenvalue weighted by atomic mass is 16.3. The van der Waals surface area contributed by atoms with E-state index in [-0.39, 0.29) is 17.1 Å². The van der Waals surface area contributed by atoms with Gasteiger partial charge in [0.15, 0.2) is 5.43 Å². The first-order valence-electron chi connectivity index (χ1n) is 9.58. The third-order valence-corrected chi connectivity index (χ3v) is 5.38. The van der Waals surface area contributed by atoms with Crippen molar-refractivity contribution < 1.29 is 9.21 Å². The minimum atomic E-state index is -0.584. The van der Waals surface area contributed by atoms with Gasteiger partial charge in [0.1, 0.15) is 11.4 Å². The molecule has 0 saturated heterocycles. The number of carbonyl (C=O) groups excluding carboxylic acids is 1. The molecule has 142 valence electrons. The van der Waals surface area contributed by atoms with E-state index in [1.54, 1.807) is 47.5 Å². The highest BCUT2D eigenvalue weighted by Crippen LogP contribution is 2.40. The Labute approximate surface area is 167 Å². The van der Waals surface area contributed by atoms with Gasteiger partial charge in [0.2, 0.25) is 5.76 Å². The summed E-state index contributed by atoms with van der Waals surface area (Å²) in [4.78, 5) is 32.7. The number of nitrogens with zero attached hydrogens (tertiary/aromatic N) is 2.